The van der Waals surface area contributed by atoms with E-state index in [1.54, 1.807) is 17.7 Å². The summed E-state index contributed by atoms with van der Waals surface area (Å²) in [7, 11) is 1.74. The normalized spacial score (nSPS) is 12.6. The molecule has 1 aromatic carbocycles. The number of pyridine rings is 1. The number of nitrogen functional groups attached to an aromatic ring is 1. The molecule has 1 unspecified atom stereocenters. The molecule has 0 saturated heterocycles. The van der Waals surface area contributed by atoms with Crippen LogP contribution in [0.15, 0.2) is 46.3 Å². The number of allylic oxidation sites excluding steroid dienone is 3. The molecule has 0 aliphatic rings. The maximum absolute atomic E-state index is 13.1. The van der Waals surface area contributed by atoms with Crippen LogP contribution in [-0.2, 0) is 7.05 Å². The fourth-order valence-electron chi connectivity index (χ4n) is 3.53. The summed E-state index contributed by atoms with van der Waals surface area (Å²) in [6, 6.07) is 5.52. The van der Waals surface area contributed by atoms with Crippen molar-refractivity contribution in [2.45, 2.75) is 60.3 Å². The van der Waals surface area contributed by atoms with Gasteiger partial charge in [0.25, 0.3) is 5.56 Å². The van der Waals surface area contributed by atoms with Crippen molar-refractivity contribution in [3.05, 3.63) is 51.9 Å². The topological polar surface area (TPSA) is 66.5 Å². The molecular weight excluding hydrogens is 388 g/mol. The fourth-order valence-corrected chi connectivity index (χ4v) is 3.53. The largest absolute Gasteiger partial charge is 0.485 e. The zero-order valence-corrected chi connectivity index (χ0v) is 20.0. The lowest BCUT2D eigenvalue weighted by molar-refractivity contribution is 0.233. The van der Waals surface area contributed by atoms with Crippen LogP contribution in [0.4, 0.5) is 5.69 Å². The lowest BCUT2D eigenvalue weighted by Crippen LogP contribution is -2.23. The van der Waals surface area contributed by atoms with E-state index >= 15 is 0 Å². The molecule has 0 spiro atoms. The molecule has 2 aromatic rings. The van der Waals surface area contributed by atoms with Gasteiger partial charge in [-0.15, -0.1) is 0 Å². The Morgan fingerprint density at radius 1 is 1.16 bits per heavy atom. The summed E-state index contributed by atoms with van der Waals surface area (Å²) >= 11 is 0. The van der Waals surface area contributed by atoms with Crippen molar-refractivity contribution in [3.63, 3.8) is 0 Å². The predicted molar refractivity (Wildman–Crippen MR) is 131 cm³/mol. The highest BCUT2D eigenvalue weighted by atomic mass is 16.5. The molecule has 0 radical (unpaired) electrons. The van der Waals surface area contributed by atoms with Crippen LogP contribution in [0.25, 0.3) is 10.9 Å². The molecule has 2 rings (SSSR count). The Kier molecular flexibility index (Phi) is 9.22. The van der Waals surface area contributed by atoms with E-state index in [4.69, 9.17) is 15.2 Å². The average Bonchev–Trinajstić information content (AvgIpc) is 2.71. The van der Waals surface area contributed by atoms with Crippen molar-refractivity contribution >= 4 is 16.6 Å². The number of ether oxygens (including phenoxy) is 2. The number of nitrogens with two attached hydrogens (primary N) is 1. The molecular formula is C26H38N2O3. The van der Waals surface area contributed by atoms with Crippen LogP contribution < -0.4 is 20.8 Å². The third kappa shape index (κ3) is 6.91. The van der Waals surface area contributed by atoms with E-state index in [1.165, 1.54) is 11.1 Å². The molecule has 1 atom stereocenters. The Balaban J connectivity index is 2.34. The van der Waals surface area contributed by atoms with Gasteiger partial charge in [-0.25, -0.2) is 0 Å². The summed E-state index contributed by atoms with van der Waals surface area (Å²) in [5.41, 5.74) is 9.69. The van der Waals surface area contributed by atoms with Gasteiger partial charge < -0.3 is 19.8 Å². The first-order valence-corrected chi connectivity index (χ1v) is 11.2. The Morgan fingerprint density at radius 2 is 1.90 bits per heavy atom. The lowest BCUT2D eigenvalue weighted by Gasteiger charge is -2.18. The van der Waals surface area contributed by atoms with Crippen LogP contribution in [0.2, 0.25) is 0 Å². The molecule has 170 valence electrons. The van der Waals surface area contributed by atoms with Crippen LogP contribution in [-0.4, -0.2) is 17.8 Å². The number of benzene rings is 1. The van der Waals surface area contributed by atoms with E-state index in [9.17, 15) is 4.79 Å². The summed E-state index contributed by atoms with van der Waals surface area (Å²) in [6.07, 6.45) is 8.44. The van der Waals surface area contributed by atoms with Crippen LogP contribution in [0.3, 0.4) is 0 Å². The molecule has 0 aliphatic heterocycles. The monoisotopic (exact) mass is 426 g/mol. The summed E-state index contributed by atoms with van der Waals surface area (Å²) < 4.78 is 13.8. The Morgan fingerprint density at radius 3 is 2.58 bits per heavy atom. The Bertz CT molecular complexity index is 998. The summed E-state index contributed by atoms with van der Waals surface area (Å²) in [6.45, 7) is 11.5. The second-order valence-corrected chi connectivity index (χ2v) is 8.69. The van der Waals surface area contributed by atoms with Gasteiger partial charge in [-0.05, 0) is 70.2 Å². The van der Waals surface area contributed by atoms with Crippen LogP contribution in [0.5, 0.6) is 11.5 Å². The van der Waals surface area contributed by atoms with Gasteiger partial charge in [-0.3, -0.25) is 4.79 Å². The van der Waals surface area contributed by atoms with Gasteiger partial charge in [0.15, 0.2) is 5.75 Å². The highest BCUT2D eigenvalue weighted by Crippen LogP contribution is 2.34. The molecule has 5 nitrogen and oxygen atoms in total. The van der Waals surface area contributed by atoms with Crippen LogP contribution in [0.1, 0.15) is 60.3 Å². The first-order chi connectivity index (χ1) is 14.7. The third-order valence-corrected chi connectivity index (χ3v) is 5.38. The van der Waals surface area contributed by atoms with Crippen LogP contribution >= 0.6 is 0 Å². The highest BCUT2D eigenvalue weighted by Gasteiger charge is 2.19. The van der Waals surface area contributed by atoms with E-state index in [0.717, 1.165) is 36.6 Å². The highest BCUT2D eigenvalue weighted by molar-refractivity contribution is 5.90. The van der Waals surface area contributed by atoms with E-state index in [2.05, 4.69) is 46.8 Å². The lowest BCUT2D eigenvalue weighted by atomic mass is 10.1. The third-order valence-electron chi connectivity index (χ3n) is 5.38. The number of rotatable bonds is 11. The first-order valence-electron chi connectivity index (χ1n) is 11.2. The number of anilines is 1. The molecule has 31 heavy (non-hydrogen) atoms. The standard InChI is InChI=1S/C26H38N2O3/c1-7-9-20(5)17-31-25-24(30-15-14-19(4)11-8-10-18(2)3)22-13-12-21(27)16-23(22)28(6)26(25)29/h10,12-14,16,20H,7-9,11,15,17,27H2,1-6H3. The van der Waals surface area contributed by atoms with Gasteiger partial charge in [-0.2, -0.15) is 0 Å². The minimum Gasteiger partial charge on any atom is -0.485 e. The maximum atomic E-state index is 13.1. The van der Waals surface area contributed by atoms with Gasteiger partial charge in [-0.1, -0.05) is 37.5 Å². The Hall–Kier alpha value is -2.69. The van der Waals surface area contributed by atoms with E-state index < -0.39 is 0 Å². The SMILES string of the molecule is CCCC(C)COc1c(OCC=C(C)CCC=C(C)C)c2ccc(N)cc2n(C)c1=O. The number of aromatic nitrogens is 1. The second-order valence-electron chi connectivity index (χ2n) is 8.69. The van der Waals surface area contributed by atoms with Crippen molar-refractivity contribution in [1.82, 2.24) is 4.57 Å². The zero-order chi connectivity index (χ0) is 23.0. The number of nitrogens with zero attached hydrogens (tertiary/aromatic N) is 1. The molecule has 0 fully saturated rings. The average molecular weight is 427 g/mol. The van der Waals surface area contributed by atoms with E-state index in [0.29, 0.717) is 30.6 Å². The Labute approximate surface area is 186 Å². The van der Waals surface area contributed by atoms with Crippen molar-refractivity contribution < 1.29 is 9.47 Å². The van der Waals surface area contributed by atoms with Gasteiger partial charge in [0.1, 0.15) is 6.61 Å². The van der Waals surface area contributed by atoms with E-state index in [1.807, 2.05) is 12.1 Å². The van der Waals surface area contributed by atoms with Gasteiger partial charge in [0.2, 0.25) is 5.75 Å². The molecule has 1 aromatic heterocycles. The van der Waals surface area contributed by atoms with Crippen molar-refractivity contribution in [2.75, 3.05) is 18.9 Å². The minimum absolute atomic E-state index is 0.207. The molecule has 0 amide bonds. The summed E-state index contributed by atoms with van der Waals surface area (Å²) in [4.78, 5) is 13.1. The summed E-state index contributed by atoms with van der Waals surface area (Å²) in [5.74, 6) is 1.13. The molecule has 1 heterocycles. The predicted octanol–water partition coefficient (Wildman–Crippen LogP) is 6.01. The minimum atomic E-state index is -0.207. The zero-order valence-electron chi connectivity index (χ0n) is 20.0. The smallest absolute Gasteiger partial charge is 0.297 e. The van der Waals surface area contributed by atoms with Crippen molar-refractivity contribution in [2.24, 2.45) is 13.0 Å². The van der Waals surface area contributed by atoms with Crippen molar-refractivity contribution in [1.29, 1.82) is 0 Å². The number of hydrogen-bond donors (Lipinski definition) is 1. The number of aryl methyl sites for hydroxylation is 1. The fraction of sp³-hybridized carbons (Fsp3) is 0.500. The first kappa shape index (κ1) is 24.6. The van der Waals surface area contributed by atoms with Crippen LogP contribution in [0, 0.1) is 5.92 Å². The van der Waals surface area contributed by atoms with Crippen molar-refractivity contribution in [3.8, 4) is 11.5 Å². The maximum Gasteiger partial charge on any atom is 0.297 e. The molecule has 5 heteroatoms. The van der Waals surface area contributed by atoms with Gasteiger partial charge in [0, 0.05) is 18.1 Å². The van der Waals surface area contributed by atoms with Gasteiger partial charge in [0.05, 0.1) is 12.1 Å². The van der Waals surface area contributed by atoms with E-state index in [-0.39, 0.29) is 11.3 Å². The molecule has 2 N–H and O–H groups in total. The number of fused-ring (bicyclic) bond motifs is 1. The quantitative estimate of drug-likeness (QED) is 0.353. The molecule has 0 saturated carbocycles. The second kappa shape index (κ2) is 11.6. The molecule has 0 bridgehead atoms. The van der Waals surface area contributed by atoms with Gasteiger partial charge >= 0.3 is 0 Å². The summed E-state index contributed by atoms with van der Waals surface area (Å²) in [5, 5.41) is 0.824. The number of hydrogen-bond acceptors (Lipinski definition) is 4. The molecule has 0 aliphatic carbocycles.